The van der Waals surface area contributed by atoms with Gasteiger partial charge >= 0.3 is 6.09 Å². The summed E-state index contributed by atoms with van der Waals surface area (Å²) in [6.07, 6.45) is 5.15. The van der Waals surface area contributed by atoms with Gasteiger partial charge in [-0.05, 0) is 12.8 Å². The lowest BCUT2D eigenvalue weighted by Crippen LogP contribution is -2.36. The maximum atomic E-state index is 10.8. The Hall–Kier alpha value is -0.770. The van der Waals surface area contributed by atoms with E-state index >= 15 is 0 Å². The third kappa shape index (κ3) is 3.09. The van der Waals surface area contributed by atoms with Gasteiger partial charge in [-0.1, -0.05) is 19.3 Å². The second-order valence-electron chi connectivity index (χ2n) is 3.04. The first-order valence-electron chi connectivity index (χ1n) is 4.37. The van der Waals surface area contributed by atoms with E-state index in [2.05, 4.69) is 10.1 Å². The summed E-state index contributed by atoms with van der Waals surface area (Å²) in [5.41, 5.74) is 0. The number of ether oxygens (including phenoxy) is 1. The molecule has 4 nitrogen and oxygen atoms in total. The molecule has 0 aromatic carbocycles. The van der Waals surface area contributed by atoms with Crippen LogP contribution >= 0.6 is 0 Å². The molecule has 1 amide bonds. The average Bonchev–Trinajstić information content (AvgIpc) is 2.06. The van der Waals surface area contributed by atoms with Crippen LogP contribution in [0.5, 0.6) is 0 Å². The molecule has 0 spiro atoms. The molecule has 0 atom stereocenters. The third-order valence-corrected chi connectivity index (χ3v) is 2.12. The molecular formula is C8H15NO3. The molecule has 1 fully saturated rings. The average molecular weight is 173 g/mol. The third-order valence-electron chi connectivity index (χ3n) is 2.12. The minimum absolute atomic E-state index is 0.248. The largest absolute Gasteiger partial charge is 0.423 e. The smallest absolute Gasteiger partial charge is 0.409 e. The molecule has 0 unspecified atom stereocenters. The van der Waals surface area contributed by atoms with Gasteiger partial charge < -0.3 is 15.2 Å². The summed E-state index contributed by atoms with van der Waals surface area (Å²) in [5.74, 6) is 0. The number of nitrogens with one attached hydrogen (secondary N) is 1. The summed E-state index contributed by atoms with van der Waals surface area (Å²) in [5, 5.41) is 11.0. The number of hydrogen-bond donors (Lipinski definition) is 2. The number of alkyl carbamates (subject to hydrolysis) is 1. The van der Waals surface area contributed by atoms with E-state index < -0.39 is 12.9 Å². The fourth-order valence-corrected chi connectivity index (χ4v) is 1.51. The van der Waals surface area contributed by atoms with E-state index in [0.29, 0.717) is 0 Å². The monoisotopic (exact) mass is 173 g/mol. The molecule has 0 aromatic rings. The molecule has 0 bridgehead atoms. The Morgan fingerprint density at radius 1 is 1.42 bits per heavy atom. The van der Waals surface area contributed by atoms with E-state index in [1.165, 1.54) is 19.3 Å². The van der Waals surface area contributed by atoms with Crippen molar-refractivity contribution in [3.8, 4) is 0 Å². The van der Waals surface area contributed by atoms with E-state index in [9.17, 15) is 4.79 Å². The number of carbonyl (C=O) groups is 1. The van der Waals surface area contributed by atoms with Crippen LogP contribution in [-0.2, 0) is 4.74 Å². The lowest BCUT2D eigenvalue weighted by Gasteiger charge is -2.21. The highest BCUT2D eigenvalue weighted by Crippen LogP contribution is 2.17. The Morgan fingerprint density at radius 3 is 2.67 bits per heavy atom. The van der Waals surface area contributed by atoms with Gasteiger partial charge in [0, 0.05) is 6.04 Å². The van der Waals surface area contributed by atoms with E-state index in [4.69, 9.17) is 5.11 Å². The van der Waals surface area contributed by atoms with Gasteiger partial charge in [-0.3, -0.25) is 0 Å². The molecule has 1 aliphatic carbocycles. The number of aliphatic hydroxyl groups is 1. The SMILES string of the molecule is O=C(NC1CCCCC1)OCO. The zero-order valence-corrected chi connectivity index (χ0v) is 7.08. The summed E-state index contributed by atoms with van der Waals surface area (Å²) in [6, 6.07) is 0.248. The number of carbonyl (C=O) groups excluding carboxylic acids is 1. The molecule has 1 saturated carbocycles. The van der Waals surface area contributed by atoms with Gasteiger partial charge in [0.1, 0.15) is 0 Å². The molecule has 2 N–H and O–H groups in total. The quantitative estimate of drug-likeness (QED) is 0.612. The highest BCUT2D eigenvalue weighted by atomic mass is 16.6. The summed E-state index contributed by atoms with van der Waals surface area (Å²) < 4.78 is 4.35. The van der Waals surface area contributed by atoms with Gasteiger partial charge in [-0.15, -0.1) is 0 Å². The van der Waals surface area contributed by atoms with Crippen LogP contribution in [0.2, 0.25) is 0 Å². The molecule has 0 radical (unpaired) electrons. The van der Waals surface area contributed by atoms with Crippen LogP contribution in [0.25, 0.3) is 0 Å². The molecule has 0 aliphatic heterocycles. The zero-order valence-electron chi connectivity index (χ0n) is 7.08. The van der Waals surface area contributed by atoms with Crippen molar-refractivity contribution in [3.63, 3.8) is 0 Å². The summed E-state index contributed by atoms with van der Waals surface area (Å²) in [7, 11) is 0. The summed E-state index contributed by atoms with van der Waals surface area (Å²) >= 11 is 0. The molecule has 1 rings (SSSR count). The number of hydrogen-bond acceptors (Lipinski definition) is 3. The Balaban J connectivity index is 2.15. The van der Waals surface area contributed by atoms with Gasteiger partial charge in [-0.25, -0.2) is 4.79 Å². The minimum Gasteiger partial charge on any atom is -0.423 e. The highest BCUT2D eigenvalue weighted by molar-refractivity contribution is 5.67. The first-order chi connectivity index (χ1) is 5.83. The van der Waals surface area contributed by atoms with Crippen LogP contribution in [0.3, 0.4) is 0 Å². The normalized spacial score (nSPS) is 18.8. The van der Waals surface area contributed by atoms with Gasteiger partial charge in [0.05, 0.1) is 0 Å². The zero-order chi connectivity index (χ0) is 8.81. The highest BCUT2D eigenvalue weighted by Gasteiger charge is 2.15. The minimum atomic E-state index is -0.543. The molecular weight excluding hydrogens is 158 g/mol. The molecule has 70 valence electrons. The predicted molar refractivity (Wildman–Crippen MR) is 43.6 cm³/mol. The van der Waals surface area contributed by atoms with Crippen LogP contribution in [-0.4, -0.2) is 24.0 Å². The summed E-state index contributed by atoms with van der Waals surface area (Å²) in [4.78, 5) is 10.8. The Morgan fingerprint density at radius 2 is 2.08 bits per heavy atom. The van der Waals surface area contributed by atoms with Crippen molar-refractivity contribution >= 4 is 6.09 Å². The van der Waals surface area contributed by atoms with E-state index in [1.54, 1.807) is 0 Å². The van der Waals surface area contributed by atoms with Crippen molar-refractivity contribution in [2.75, 3.05) is 6.79 Å². The predicted octanol–water partition coefficient (Wildman–Crippen LogP) is 0.995. The van der Waals surface area contributed by atoms with Gasteiger partial charge in [-0.2, -0.15) is 0 Å². The van der Waals surface area contributed by atoms with Crippen molar-refractivity contribution < 1.29 is 14.6 Å². The van der Waals surface area contributed by atoms with Crippen molar-refractivity contribution in [2.45, 2.75) is 38.1 Å². The second kappa shape index (κ2) is 4.98. The molecule has 12 heavy (non-hydrogen) atoms. The number of amides is 1. The Bertz CT molecular complexity index is 143. The van der Waals surface area contributed by atoms with Crippen molar-refractivity contribution in [3.05, 3.63) is 0 Å². The first kappa shape index (κ1) is 9.32. The fourth-order valence-electron chi connectivity index (χ4n) is 1.51. The van der Waals surface area contributed by atoms with Gasteiger partial charge in [0.15, 0.2) is 6.79 Å². The van der Waals surface area contributed by atoms with Crippen molar-refractivity contribution in [2.24, 2.45) is 0 Å². The van der Waals surface area contributed by atoms with E-state index in [-0.39, 0.29) is 6.04 Å². The molecule has 1 aliphatic rings. The lowest BCUT2D eigenvalue weighted by atomic mass is 9.96. The van der Waals surface area contributed by atoms with Gasteiger partial charge in [0.25, 0.3) is 0 Å². The Labute approximate surface area is 71.9 Å². The standard InChI is InChI=1S/C8H15NO3/c10-6-12-8(11)9-7-4-2-1-3-5-7/h7,10H,1-6H2,(H,9,11). The second-order valence-corrected chi connectivity index (χ2v) is 3.04. The van der Waals surface area contributed by atoms with E-state index in [1.807, 2.05) is 0 Å². The van der Waals surface area contributed by atoms with E-state index in [0.717, 1.165) is 12.8 Å². The topological polar surface area (TPSA) is 58.6 Å². The van der Waals surface area contributed by atoms with Crippen molar-refractivity contribution in [1.82, 2.24) is 5.32 Å². The molecule has 0 aromatic heterocycles. The van der Waals surface area contributed by atoms with Crippen LogP contribution in [0.15, 0.2) is 0 Å². The van der Waals surface area contributed by atoms with Crippen LogP contribution in [0.4, 0.5) is 4.79 Å². The maximum absolute atomic E-state index is 10.8. The number of rotatable bonds is 2. The summed E-state index contributed by atoms with van der Waals surface area (Å²) in [6.45, 7) is -0.543. The van der Waals surface area contributed by atoms with Crippen LogP contribution < -0.4 is 5.32 Å². The van der Waals surface area contributed by atoms with Crippen LogP contribution in [0.1, 0.15) is 32.1 Å². The van der Waals surface area contributed by atoms with Crippen LogP contribution in [0, 0.1) is 0 Å². The molecule has 0 saturated heterocycles. The van der Waals surface area contributed by atoms with Crippen molar-refractivity contribution in [1.29, 1.82) is 0 Å². The molecule has 4 heteroatoms. The molecule has 0 heterocycles. The maximum Gasteiger partial charge on any atom is 0.409 e. The lowest BCUT2D eigenvalue weighted by molar-refractivity contribution is 0.0418. The van der Waals surface area contributed by atoms with Gasteiger partial charge in [0.2, 0.25) is 0 Å². The first-order valence-corrected chi connectivity index (χ1v) is 4.37. The number of aliphatic hydroxyl groups excluding tert-OH is 1. The fraction of sp³-hybridized carbons (Fsp3) is 0.875. The Kier molecular flexibility index (Phi) is 3.87.